The molecule has 0 aliphatic carbocycles. The first-order valence-electron chi connectivity index (χ1n) is 7.86. The molecule has 0 N–H and O–H groups in total. The molecule has 0 unspecified atom stereocenters. The molecular formula is C17H18N4O2. The van der Waals surface area contributed by atoms with Gasteiger partial charge in [0.1, 0.15) is 5.82 Å². The van der Waals surface area contributed by atoms with E-state index in [1.54, 1.807) is 12.1 Å². The van der Waals surface area contributed by atoms with Crippen molar-refractivity contribution in [1.29, 1.82) is 0 Å². The molecule has 0 amide bonds. The molecular weight excluding hydrogens is 292 g/mol. The van der Waals surface area contributed by atoms with E-state index in [0.717, 1.165) is 37.7 Å². The van der Waals surface area contributed by atoms with Crippen molar-refractivity contribution in [3.8, 4) is 0 Å². The highest BCUT2D eigenvalue weighted by Crippen LogP contribution is 2.35. The second-order valence-electron chi connectivity index (χ2n) is 6.29. The average molecular weight is 310 g/mol. The van der Waals surface area contributed by atoms with Gasteiger partial charge in [-0.2, -0.15) is 0 Å². The van der Waals surface area contributed by atoms with Crippen molar-refractivity contribution in [2.75, 3.05) is 36.0 Å². The molecule has 2 saturated heterocycles. The van der Waals surface area contributed by atoms with Gasteiger partial charge < -0.3 is 9.80 Å². The lowest BCUT2D eigenvalue weighted by Crippen LogP contribution is -2.29. The zero-order valence-electron chi connectivity index (χ0n) is 12.7. The number of hydrogen-bond acceptors (Lipinski definition) is 5. The van der Waals surface area contributed by atoms with Crippen molar-refractivity contribution in [2.24, 2.45) is 11.8 Å². The number of hydrogen-bond donors (Lipinski definition) is 0. The van der Waals surface area contributed by atoms with Crippen molar-refractivity contribution in [2.45, 2.75) is 0 Å². The van der Waals surface area contributed by atoms with Crippen LogP contribution in [0.15, 0.2) is 48.7 Å². The Morgan fingerprint density at radius 3 is 2.17 bits per heavy atom. The number of aromatic nitrogens is 1. The topological polar surface area (TPSA) is 62.5 Å². The van der Waals surface area contributed by atoms with Gasteiger partial charge in [0.05, 0.1) is 4.92 Å². The van der Waals surface area contributed by atoms with Gasteiger partial charge in [0.15, 0.2) is 0 Å². The van der Waals surface area contributed by atoms with E-state index in [2.05, 4.69) is 20.9 Å². The van der Waals surface area contributed by atoms with Crippen molar-refractivity contribution >= 4 is 17.2 Å². The molecule has 1 aromatic heterocycles. The highest BCUT2D eigenvalue weighted by molar-refractivity contribution is 5.52. The normalized spacial score (nSPS) is 23.1. The van der Waals surface area contributed by atoms with Crippen LogP contribution in [0.2, 0.25) is 0 Å². The number of anilines is 2. The Morgan fingerprint density at radius 2 is 1.61 bits per heavy atom. The number of non-ortho nitro benzene ring substituents is 1. The van der Waals surface area contributed by atoms with Crippen LogP contribution in [0.25, 0.3) is 0 Å². The van der Waals surface area contributed by atoms with Gasteiger partial charge in [-0.1, -0.05) is 6.07 Å². The fourth-order valence-corrected chi connectivity index (χ4v) is 3.72. The minimum Gasteiger partial charge on any atom is -0.371 e. The maximum Gasteiger partial charge on any atom is 0.269 e. The van der Waals surface area contributed by atoms with Crippen LogP contribution in [0.5, 0.6) is 0 Å². The maximum absolute atomic E-state index is 10.7. The largest absolute Gasteiger partial charge is 0.371 e. The zero-order chi connectivity index (χ0) is 15.8. The molecule has 2 aromatic rings. The Bertz CT molecular complexity index is 690. The molecule has 2 atom stereocenters. The van der Waals surface area contributed by atoms with Crippen LogP contribution in [0.1, 0.15) is 0 Å². The van der Waals surface area contributed by atoms with Crippen LogP contribution >= 0.6 is 0 Å². The van der Waals surface area contributed by atoms with Crippen LogP contribution in [-0.4, -0.2) is 36.1 Å². The van der Waals surface area contributed by atoms with Gasteiger partial charge in [-0.25, -0.2) is 4.98 Å². The molecule has 118 valence electrons. The third kappa shape index (κ3) is 2.60. The summed E-state index contributed by atoms with van der Waals surface area (Å²) in [7, 11) is 0. The smallest absolute Gasteiger partial charge is 0.269 e. The molecule has 0 bridgehead atoms. The van der Waals surface area contributed by atoms with E-state index in [4.69, 9.17) is 0 Å². The number of nitro benzene ring substituents is 1. The maximum atomic E-state index is 10.7. The fourth-order valence-electron chi connectivity index (χ4n) is 3.72. The first-order valence-corrected chi connectivity index (χ1v) is 7.86. The fraction of sp³-hybridized carbons (Fsp3) is 0.353. The van der Waals surface area contributed by atoms with Crippen molar-refractivity contribution in [3.05, 3.63) is 58.8 Å². The third-order valence-corrected chi connectivity index (χ3v) is 4.89. The standard InChI is InChI=1S/C17H18N4O2/c22-21(23)16-6-4-15(5-7-16)19-9-13-11-20(12-14(13)10-19)17-3-1-2-8-18-17/h1-8,13-14H,9-12H2/t13-,14-/m1/s1. The van der Waals surface area contributed by atoms with Crippen LogP contribution in [-0.2, 0) is 0 Å². The SMILES string of the molecule is O=[N+]([O-])c1ccc(N2C[C@@H]3CN(c4ccccn4)C[C@H]3C2)cc1. The zero-order valence-corrected chi connectivity index (χ0v) is 12.7. The minimum absolute atomic E-state index is 0.148. The monoisotopic (exact) mass is 310 g/mol. The molecule has 3 heterocycles. The first kappa shape index (κ1) is 14.0. The van der Waals surface area contributed by atoms with Gasteiger partial charge in [0, 0.05) is 62.0 Å². The molecule has 0 radical (unpaired) electrons. The molecule has 2 fully saturated rings. The van der Waals surface area contributed by atoms with Crippen LogP contribution < -0.4 is 9.80 Å². The van der Waals surface area contributed by atoms with Crippen molar-refractivity contribution in [3.63, 3.8) is 0 Å². The summed E-state index contributed by atoms with van der Waals surface area (Å²) >= 11 is 0. The molecule has 4 rings (SSSR count). The highest BCUT2D eigenvalue weighted by atomic mass is 16.6. The summed E-state index contributed by atoms with van der Waals surface area (Å²) in [5.74, 6) is 2.32. The molecule has 6 nitrogen and oxygen atoms in total. The predicted octanol–water partition coefficient (Wildman–Crippen LogP) is 2.56. The Labute approximate surface area is 134 Å². The summed E-state index contributed by atoms with van der Waals surface area (Å²) in [6.07, 6.45) is 1.84. The summed E-state index contributed by atoms with van der Waals surface area (Å²) in [5, 5.41) is 10.7. The molecule has 0 spiro atoms. The lowest BCUT2D eigenvalue weighted by molar-refractivity contribution is -0.384. The first-order chi connectivity index (χ1) is 11.2. The Hall–Kier alpha value is -2.63. The van der Waals surface area contributed by atoms with E-state index >= 15 is 0 Å². The Balaban J connectivity index is 1.43. The van der Waals surface area contributed by atoms with Crippen LogP contribution in [0.4, 0.5) is 17.2 Å². The number of nitro groups is 1. The Kier molecular flexibility index (Phi) is 3.37. The van der Waals surface area contributed by atoms with Crippen molar-refractivity contribution < 1.29 is 4.92 Å². The summed E-state index contributed by atoms with van der Waals surface area (Å²) in [6, 6.07) is 12.9. The molecule has 2 aliphatic heterocycles. The minimum atomic E-state index is -0.354. The number of pyridine rings is 1. The average Bonchev–Trinajstić information content (AvgIpc) is 3.14. The number of nitrogens with zero attached hydrogens (tertiary/aromatic N) is 4. The quantitative estimate of drug-likeness (QED) is 0.644. The van der Waals surface area contributed by atoms with Crippen LogP contribution in [0, 0.1) is 22.0 Å². The molecule has 6 heteroatoms. The molecule has 0 saturated carbocycles. The third-order valence-electron chi connectivity index (χ3n) is 4.89. The second kappa shape index (κ2) is 5.53. The van der Waals surface area contributed by atoms with E-state index in [1.807, 2.05) is 30.5 Å². The number of rotatable bonds is 3. The van der Waals surface area contributed by atoms with Gasteiger partial charge in [-0.3, -0.25) is 10.1 Å². The lowest BCUT2D eigenvalue weighted by Gasteiger charge is -2.23. The van der Waals surface area contributed by atoms with Gasteiger partial charge in [0.25, 0.3) is 5.69 Å². The second-order valence-corrected chi connectivity index (χ2v) is 6.29. The van der Waals surface area contributed by atoms with Crippen LogP contribution in [0.3, 0.4) is 0 Å². The summed E-state index contributed by atoms with van der Waals surface area (Å²) in [6.45, 7) is 4.08. The van der Waals surface area contributed by atoms with E-state index in [-0.39, 0.29) is 10.6 Å². The summed E-state index contributed by atoms with van der Waals surface area (Å²) < 4.78 is 0. The Morgan fingerprint density at radius 1 is 0.957 bits per heavy atom. The van der Waals surface area contributed by atoms with Crippen molar-refractivity contribution in [1.82, 2.24) is 4.98 Å². The number of benzene rings is 1. The summed E-state index contributed by atoms with van der Waals surface area (Å²) in [5.41, 5.74) is 1.23. The lowest BCUT2D eigenvalue weighted by atomic mass is 10.0. The van der Waals surface area contributed by atoms with Gasteiger partial charge in [-0.15, -0.1) is 0 Å². The summed E-state index contributed by atoms with van der Waals surface area (Å²) in [4.78, 5) is 19.5. The van der Waals surface area contributed by atoms with Gasteiger partial charge in [-0.05, 0) is 24.3 Å². The van der Waals surface area contributed by atoms with Gasteiger partial charge in [0.2, 0.25) is 0 Å². The molecule has 2 aliphatic rings. The highest BCUT2D eigenvalue weighted by Gasteiger charge is 2.40. The molecule has 1 aromatic carbocycles. The molecule has 23 heavy (non-hydrogen) atoms. The van der Waals surface area contributed by atoms with Gasteiger partial charge >= 0.3 is 0 Å². The van der Waals surface area contributed by atoms with E-state index in [9.17, 15) is 10.1 Å². The number of fused-ring (bicyclic) bond motifs is 1. The van der Waals surface area contributed by atoms with E-state index in [1.165, 1.54) is 0 Å². The predicted molar refractivity (Wildman–Crippen MR) is 88.7 cm³/mol. The van der Waals surface area contributed by atoms with E-state index < -0.39 is 0 Å². The van der Waals surface area contributed by atoms with E-state index in [0.29, 0.717) is 11.8 Å².